The Bertz CT molecular complexity index is 971. The lowest BCUT2D eigenvalue weighted by molar-refractivity contribution is 0.0628. The van der Waals surface area contributed by atoms with Crippen LogP contribution in [0.25, 0.3) is 0 Å². The number of sulfonamides is 1. The fourth-order valence-electron chi connectivity index (χ4n) is 7.19. The first-order valence-corrected chi connectivity index (χ1v) is 14.0. The molecule has 5 atom stereocenters. The number of rotatable bonds is 6. The Balaban J connectivity index is 1.19. The van der Waals surface area contributed by atoms with Crippen LogP contribution in [-0.2, 0) is 10.0 Å². The topological polar surface area (TPSA) is 78.5 Å². The Morgan fingerprint density at radius 1 is 1.09 bits per heavy atom. The number of hydrogen-bond acceptors (Lipinski definition) is 3. The smallest absolute Gasteiger partial charge is 0.314 e. The lowest BCUT2D eigenvalue weighted by Gasteiger charge is -2.45. The molecule has 3 bridgehead atoms. The molecule has 0 radical (unpaired) electrons. The van der Waals surface area contributed by atoms with Gasteiger partial charge < -0.3 is 10.6 Å². The maximum absolute atomic E-state index is 13.2. The summed E-state index contributed by atoms with van der Waals surface area (Å²) >= 11 is 6.03. The Morgan fingerprint density at radius 2 is 1.94 bits per heavy atom. The number of carbonyl (C=O) groups is 1. The van der Waals surface area contributed by atoms with E-state index in [1.165, 1.54) is 44.6 Å². The average molecular weight is 480 g/mol. The average Bonchev–Trinajstić information content (AvgIpc) is 2.92. The first kappa shape index (κ1) is 22.5. The van der Waals surface area contributed by atoms with Crippen LogP contribution in [0.1, 0.15) is 57.8 Å². The van der Waals surface area contributed by atoms with Crippen molar-refractivity contribution in [2.24, 2.45) is 23.2 Å². The highest BCUT2D eigenvalue weighted by molar-refractivity contribution is 7.89. The largest absolute Gasteiger partial charge is 0.338 e. The van der Waals surface area contributed by atoms with Crippen LogP contribution in [0.2, 0.25) is 5.02 Å². The highest BCUT2D eigenvalue weighted by Gasteiger charge is 2.54. The minimum absolute atomic E-state index is 0.171. The van der Waals surface area contributed by atoms with Gasteiger partial charge in [-0.2, -0.15) is 4.31 Å². The van der Waals surface area contributed by atoms with Gasteiger partial charge >= 0.3 is 6.03 Å². The number of nitrogens with zero attached hydrogens (tertiary/aromatic N) is 1. The molecule has 4 fully saturated rings. The van der Waals surface area contributed by atoms with Crippen LogP contribution in [0.5, 0.6) is 0 Å². The van der Waals surface area contributed by atoms with Gasteiger partial charge in [-0.25, -0.2) is 13.2 Å². The second kappa shape index (κ2) is 8.80. The summed E-state index contributed by atoms with van der Waals surface area (Å²) in [6.45, 7) is 1.55. The monoisotopic (exact) mass is 479 g/mol. The van der Waals surface area contributed by atoms with Crippen molar-refractivity contribution in [3.05, 3.63) is 29.3 Å². The van der Waals surface area contributed by atoms with Gasteiger partial charge in [-0.1, -0.05) is 30.5 Å². The fourth-order valence-corrected chi connectivity index (χ4v) is 9.19. The second-order valence-corrected chi connectivity index (χ2v) is 12.9. The predicted octanol–water partition coefficient (Wildman–Crippen LogP) is 4.40. The van der Waals surface area contributed by atoms with Gasteiger partial charge in [0.1, 0.15) is 0 Å². The molecule has 1 aliphatic heterocycles. The summed E-state index contributed by atoms with van der Waals surface area (Å²) < 4.78 is 28.0. The van der Waals surface area contributed by atoms with E-state index in [0.29, 0.717) is 23.5 Å². The number of piperidine rings is 1. The zero-order valence-corrected chi connectivity index (χ0v) is 20.1. The minimum atomic E-state index is -3.65. The van der Waals surface area contributed by atoms with Gasteiger partial charge in [0.2, 0.25) is 10.0 Å². The zero-order chi connectivity index (χ0) is 22.3. The van der Waals surface area contributed by atoms with E-state index >= 15 is 0 Å². The Morgan fingerprint density at radius 3 is 2.78 bits per heavy atom. The van der Waals surface area contributed by atoms with Gasteiger partial charge in [-0.15, -0.1) is 0 Å². The molecule has 8 heteroatoms. The zero-order valence-electron chi connectivity index (χ0n) is 18.6. The van der Waals surface area contributed by atoms with Gasteiger partial charge in [0.15, 0.2) is 0 Å². The molecule has 4 aliphatic rings. The summed E-state index contributed by atoms with van der Waals surface area (Å²) in [7, 11) is -3.65. The highest BCUT2D eigenvalue weighted by atomic mass is 35.5. The third-order valence-electron chi connectivity index (χ3n) is 8.54. The summed E-state index contributed by atoms with van der Waals surface area (Å²) in [5.74, 6) is 2.48. The lowest BCUT2D eigenvalue weighted by atomic mass is 9.61. The minimum Gasteiger partial charge on any atom is -0.338 e. The first-order chi connectivity index (χ1) is 15.4. The van der Waals surface area contributed by atoms with Crippen molar-refractivity contribution in [3.8, 4) is 0 Å². The van der Waals surface area contributed by atoms with E-state index in [-0.39, 0.29) is 17.0 Å². The first-order valence-electron chi connectivity index (χ1n) is 12.1. The van der Waals surface area contributed by atoms with Crippen LogP contribution < -0.4 is 10.6 Å². The van der Waals surface area contributed by atoms with E-state index in [2.05, 4.69) is 10.6 Å². The molecular formula is C24H34ClN3O3S. The number of hydrogen-bond donors (Lipinski definition) is 2. The molecule has 0 aromatic heterocycles. The summed E-state index contributed by atoms with van der Waals surface area (Å²) in [6, 6.07) is 6.00. The van der Waals surface area contributed by atoms with Crippen molar-refractivity contribution in [2.75, 3.05) is 19.6 Å². The van der Waals surface area contributed by atoms with Gasteiger partial charge in [0.25, 0.3) is 0 Å². The van der Waals surface area contributed by atoms with Crippen LogP contribution in [0.3, 0.4) is 0 Å². The molecule has 1 saturated heterocycles. The molecule has 3 aliphatic carbocycles. The normalized spacial score (nSPS) is 34.4. The number of amides is 2. The van der Waals surface area contributed by atoms with Crippen molar-refractivity contribution in [1.82, 2.24) is 14.9 Å². The van der Waals surface area contributed by atoms with Crippen molar-refractivity contribution < 1.29 is 13.2 Å². The van der Waals surface area contributed by atoms with Crippen molar-refractivity contribution >= 4 is 27.7 Å². The van der Waals surface area contributed by atoms with Crippen molar-refractivity contribution in [2.45, 2.75) is 68.7 Å². The lowest BCUT2D eigenvalue weighted by Crippen LogP contribution is -2.52. The molecule has 6 nitrogen and oxygen atoms in total. The standard InChI is InChI=1S/C24H34ClN3O3S/c25-20-4-3-6-22(12-20)32(30,31)28-9-2-1-5-21(28)15-26-23(29)27-16-24-13-17-7-8-19(24)11-18(10-17)14-24/h3-4,6,12,17-19,21H,1-2,5,7-11,13-16H2,(H2,26,27,29)/t17-,18+,19+,21?,24?/m1/s1. The maximum Gasteiger partial charge on any atom is 0.314 e. The molecule has 176 valence electrons. The number of urea groups is 1. The summed E-state index contributed by atoms with van der Waals surface area (Å²) in [6.07, 6.45) is 10.5. The van der Waals surface area contributed by atoms with Crippen LogP contribution in [0, 0.1) is 23.2 Å². The van der Waals surface area contributed by atoms with Crippen molar-refractivity contribution in [1.29, 1.82) is 0 Å². The predicted molar refractivity (Wildman–Crippen MR) is 125 cm³/mol. The van der Waals surface area contributed by atoms with E-state index in [1.807, 2.05) is 0 Å². The third kappa shape index (κ3) is 4.28. The molecular weight excluding hydrogens is 446 g/mol. The highest BCUT2D eigenvalue weighted by Crippen LogP contribution is 2.62. The van der Waals surface area contributed by atoms with E-state index in [9.17, 15) is 13.2 Å². The van der Waals surface area contributed by atoms with Gasteiger partial charge in [-0.05, 0) is 86.3 Å². The number of halogens is 1. The van der Waals surface area contributed by atoms with E-state index in [1.54, 1.807) is 22.5 Å². The number of fused-ring (bicyclic) bond motifs is 2. The SMILES string of the molecule is O=C(NCC1CCCCN1S(=O)(=O)c1cccc(Cl)c1)NCC12C[C@@H]3CC[C@H]1C[C@H](C3)C2. The molecule has 5 rings (SSSR count). The van der Waals surface area contributed by atoms with E-state index in [4.69, 9.17) is 11.6 Å². The quantitative estimate of drug-likeness (QED) is 0.634. The molecule has 1 aromatic carbocycles. The van der Waals surface area contributed by atoms with Crippen LogP contribution >= 0.6 is 11.6 Å². The molecule has 2 amide bonds. The second-order valence-electron chi connectivity index (χ2n) is 10.5. The van der Waals surface area contributed by atoms with Gasteiger partial charge in [0, 0.05) is 30.7 Å². The summed E-state index contributed by atoms with van der Waals surface area (Å²) in [5, 5.41) is 6.53. The number of benzene rings is 1. The maximum atomic E-state index is 13.2. The molecule has 2 unspecified atom stereocenters. The molecule has 1 aromatic rings. The number of carbonyl (C=O) groups excluding carboxylic acids is 1. The Labute approximate surface area is 196 Å². The molecule has 0 spiro atoms. The summed E-state index contributed by atoms with van der Waals surface area (Å²) in [4.78, 5) is 12.9. The molecule has 32 heavy (non-hydrogen) atoms. The molecule has 3 saturated carbocycles. The van der Waals surface area contributed by atoms with Gasteiger partial charge in [0.05, 0.1) is 4.90 Å². The fraction of sp³-hybridized carbons (Fsp3) is 0.708. The van der Waals surface area contributed by atoms with E-state index in [0.717, 1.165) is 43.6 Å². The molecule has 2 N–H and O–H groups in total. The third-order valence-corrected chi connectivity index (χ3v) is 10.7. The summed E-state index contributed by atoms with van der Waals surface area (Å²) in [5.41, 5.74) is 0.302. The number of nitrogens with one attached hydrogen (secondary N) is 2. The van der Waals surface area contributed by atoms with Crippen LogP contribution in [0.15, 0.2) is 29.2 Å². The van der Waals surface area contributed by atoms with E-state index < -0.39 is 10.0 Å². The molecule has 1 heterocycles. The van der Waals surface area contributed by atoms with Crippen LogP contribution in [-0.4, -0.2) is 44.4 Å². The Kier molecular flexibility index (Phi) is 6.18. The Hall–Kier alpha value is -1.31. The van der Waals surface area contributed by atoms with Crippen molar-refractivity contribution in [3.63, 3.8) is 0 Å². The van der Waals surface area contributed by atoms with Gasteiger partial charge in [-0.3, -0.25) is 0 Å². The van der Waals surface area contributed by atoms with Crippen LogP contribution in [0.4, 0.5) is 4.79 Å².